The monoisotopic (exact) mass is 203 g/mol. The van der Waals surface area contributed by atoms with Crippen molar-refractivity contribution in [3.05, 3.63) is 35.9 Å². The summed E-state index contributed by atoms with van der Waals surface area (Å²) >= 11 is 0. The average molecular weight is 203 g/mol. The minimum absolute atomic E-state index is 0.762. The summed E-state index contributed by atoms with van der Waals surface area (Å²) in [5, 5.41) is 3.62. The maximum atomic E-state index is 3.62. The van der Waals surface area contributed by atoms with Crippen molar-refractivity contribution in [2.24, 2.45) is 5.92 Å². The van der Waals surface area contributed by atoms with Gasteiger partial charge < -0.3 is 5.32 Å². The number of rotatable bonds is 4. The van der Waals surface area contributed by atoms with Gasteiger partial charge in [-0.05, 0) is 36.8 Å². The molecule has 82 valence electrons. The van der Waals surface area contributed by atoms with Gasteiger partial charge in [0.15, 0.2) is 0 Å². The van der Waals surface area contributed by atoms with Gasteiger partial charge in [0.1, 0.15) is 0 Å². The molecule has 1 aliphatic rings. The van der Waals surface area contributed by atoms with Crippen LogP contribution in [0.15, 0.2) is 30.3 Å². The molecule has 15 heavy (non-hydrogen) atoms. The minimum atomic E-state index is 0.762. The van der Waals surface area contributed by atoms with Gasteiger partial charge in [0.25, 0.3) is 0 Å². The Hall–Kier alpha value is -0.820. The van der Waals surface area contributed by atoms with Crippen molar-refractivity contribution in [1.82, 2.24) is 5.32 Å². The van der Waals surface area contributed by atoms with Gasteiger partial charge in [-0.25, -0.2) is 0 Å². The van der Waals surface area contributed by atoms with E-state index in [1.54, 1.807) is 0 Å². The third kappa shape index (κ3) is 2.82. The molecule has 1 saturated carbocycles. The Morgan fingerprint density at radius 1 is 1.20 bits per heavy atom. The molecule has 2 rings (SSSR count). The van der Waals surface area contributed by atoms with Gasteiger partial charge in [0.2, 0.25) is 0 Å². The van der Waals surface area contributed by atoms with Crippen molar-refractivity contribution in [1.29, 1.82) is 0 Å². The molecule has 1 aromatic rings. The Morgan fingerprint density at radius 3 is 2.47 bits per heavy atom. The third-order valence-electron chi connectivity index (χ3n) is 3.22. The Balaban J connectivity index is 1.74. The van der Waals surface area contributed by atoms with Crippen molar-refractivity contribution < 1.29 is 0 Å². The summed E-state index contributed by atoms with van der Waals surface area (Å²) in [5.41, 5.74) is 1.51. The fraction of sp³-hybridized carbons (Fsp3) is 0.571. The highest BCUT2D eigenvalue weighted by Gasteiger charge is 2.29. The molecule has 0 aromatic heterocycles. The number of nitrogens with one attached hydrogen (secondary N) is 1. The Bertz CT molecular complexity index is 285. The molecule has 0 heterocycles. The maximum absolute atomic E-state index is 3.62. The molecular formula is C14H21N. The molecule has 0 saturated heterocycles. The summed E-state index contributed by atoms with van der Waals surface area (Å²) in [7, 11) is 0. The summed E-state index contributed by atoms with van der Waals surface area (Å²) in [5.74, 6) is 1.57. The molecule has 1 heteroatoms. The van der Waals surface area contributed by atoms with E-state index in [4.69, 9.17) is 0 Å². The lowest BCUT2D eigenvalue weighted by Crippen LogP contribution is -2.41. The number of hydrogen-bond donors (Lipinski definition) is 1. The van der Waals surface area contributed by atoms with E-state index in [1.165, 1.54) is 18.4 Å². The first-order chi connectivity index (χ1) is 7.25. The Morgan fingerprint density at radius 2 is 1.87 bits per heavy atom. The van der Waals surface area contributed by atoms with Crippen LogP contribution in [-0.4, -0.2) is 12.6 Å². The summed E-state index contributed by atoms with van der Waals surface area (Å²) < 4.78 is 0. The van der Waals surface area contributed by atoms with Crippen molar-refractivity contribution in [2.45, 2.75) is 38.6 Å². The molecule has 1 aliphatic carbocycles. The van der Waals surface area contributed by atoms with Crippen LogP contribution in [0.2, 0.25) is 0 Å². The SMILES string of the molecule is CC(C)CNC1CC(c2ccccc2)C1. The second-order valence-corrected chi connectivity index (χ2v) is 5.08. The Kier molecular flexibility index (Phi) is 3.42. The summed E-state index contributed by atoms with van der Waals surface area (Å²) in [6, 6.07) is 11.6. The van der Waals surface area contributed by atoms with Crippen LogP contribution in [0.1, 0.15) is 38.2 Å². The first-order valence-corrected chi connectivity index (χ1v) is 6.04. The van der Waals surface area contributed by atoms with Crippen LogP contribution in [0.25, 0.3) is 0 Å². The molecule has 0 atom stereocenters. The van der Waals surface area contributed by atoms with Crippen LogP contribution < -0.4 is 5.32 Å². The lowest BCUT2D eigenvalue weighted by atomic mass is 9.76. The molecule has 0 aliphatic heterocycles. The molecule has 1 fully saturated rings. The van der Waals surface area contributed by atoms with E-state index in [-0.39, 0.29) is 0 Å². The van der Waals surface area contributed by atoms with E-state index < -0.39 is 0 Å². The second kappa shape index (κ2) is 4.80. The summed E-state index contributed by atoms with van der Waals surface area (Å²) in [4.78, 5) is 0. The summed E-state index contributed by atoms with van der Waals surface area (Å²) in [6.07, 6.45) is 2.63. The molecule has 0 amide bonds. The van der Waals surface area contributed by atoms with Crippen LogP contribution in [0.4, 0.5) is 0 Å². The average Bonchev–Trinajstić information content (AvgIpc) is 2.16. The van der Waals surface area contributed by atoms with Gasteiger partial charge >= 0.3 is 0 Å². The molecule has 1 aromatic carbocycles. The smallest absolute Gasteiger partial charge is 0.00788 e. The van der Waals surface area contributed by atoms with E-state index >= 15 is 0 Å². The van der Waals surface area contributed by atoms with Crippen LogP contribution in [0.3, 0.4) is 0 Å². The van der Waals surface area contributed by atoms with Gasteiger partial charge in [-0.3, -0.25) is 0 Å². The van der Waals surface area contributed by atoms with Crippen molar-refractivity contribution in [3.8, 4) is 0 Å². The van der Waals surface area contributed by atoms with Gasteiger partial charge in [-0.2, -0.15) is 0 Å². The quantitative estimate of drug-likeness (QED) is 0.792. The van der Waals surface area contributed by atoms with Gasteiger partial charge in [-0.15, -0.1) is 0 Å². The van der Waals surface area contributed by atoms with E-state index in [2.05, 4.69) is 49.5 Å². The minimum Gasteiger partial charge on any atom is -0.314 e. The highest BCUT2D eigenvalue weighted by Crippen LogP contribution is 2.36. The van der Waals surface area contributed by atoms with Crippen molar-refractivity contribution in [3.63, 3.8) is 0 Å². The molecule has 0 unspecified atom stereocenters. The molecule has 1 nitrogen and oxygen atoms in total. The van der Waals surface area contributed by atoms with Crippen LogP contribution in [0.5, 0.6) is 0 Å². The predicted molar refractivity (Wildman–Crippen MR) is 65.0 cm³/mol. The predicted octanol–water partition coefficient (Wildman–Crippen LogP) is 3.18. The summed E-state index contributed by atoms with van der Waals surface area (Å²) in [6.45, 7) is 5.69. The molecule has 0 radical (unpaired) electrons. The lowest BCUT2D eigenvalue weighted by molar-refractivity contribution is 0.282. The second-order valence-electron chi connectivity index (χ2n) is 5.08. The zero-order chi connectivity index (χ0) is 10.7. The highest BCUT2D eigenvalue weighted by molar-refractivity contribution is 5.22. The zero-order valence-corrected chi connectivity index (χ0v) is 9.74. The van der Waals surface area contributed by atoms with Gasteiger partial charge in [0.05, 0.1) is 0 Å². The van der Waals surface area contributed by atoms with Crippen LogP contribution in [0, 0.1) is 5.92 Å². The fourth-order valence-electron chi connectivity index (χ4n) is 2.18. The third-order valence-corrected chi connectivity index (χ3v) is 3.22. The van der Waals surface area contributed by atoms with E-state index in [0.717, 1.165) is 24.4 Å². The highest BCUT2D eigenvalue weighted by atomic mass is 14.9. The van der Waals surface area contributed by atoms with E-state index in [9.17, 15) is 0 Å². The van der Waals surface area contributed by atoms with Crippen molar-refractivity contribution in [2.75, 3.05) is 6.54 Å². The van der Waals surface area contributed by atoms with Gasteiger partial charge in [-0.1, -0.05) is 44.2 Å². The van der Waals surface area contributed by atoms with Gasteiger partial charge in [0, 0.05) is 6.04 Å². The largest absolute Gasteiger partial charge is 0.314 e. The molecule has 0 bridgehead atoms. The molecule has 0 spiro atoms. The van der Waals surface area contributed by atoms with Crippen LogP contribution >= 0.6 is 0 Å². The van der Waals surface area contributed by atoms with E-state index in [1.807, 2.05) is 0 Å². The lowest BCUT2D eigenvalue weighted by Gasteiger charge is -2.36. The fourth-order valence-corrected chi connectivity index (χ4v) is 2.18. The first-order valence-electron chi connectivity index (χ1n) is 6.04. The Labute approximate surface area is 92.9 Å². The first kappa shape index (κ1) is 10.7. The van der Waals surface area contributed by atoms with E-state index in [0.29, 0.717) is 0 Å². The molecular weight excluding hydrogens is 182 g/mol. The number of benzene rings is 1. The topological polar surface area (TPSA) is 12.0 Å². The number of hydrogen-bond acceptors (Lipinski definition) is 1. The molecule has 1 N–H and O–H groups in total. The zero-order valence-electron chi connectivity index (χ0n) is 9.74. The normalized spacial score (nSPS) is 25.3. The van der Waals surface area contributed by atoms with Crippen molar-refractivity contribution >= 4 is 0 Å². The maximum Gasteiger partial charge on any atom is 0.00788 e. The standard InChI is InChI=1S/C14H21N/c1-11(2)10-15-14-8-13(9-14)12-6-4-3-5-7-12/h3-7,11,13-15H,8-10H2,1-2H3. The van der Waals surface area contributed by atoms with Crippen LogP contribution in [-0.2, 0) is 0 Å².